The van der Waals surface area contributed by atoms with Crippen LogP contribution in [-0.4, -0.2) is 22.8 Å². The molecule has 1 rings (SSSR count). The molecule has 0 spiro atoms. The lowest BCUT2D eigenvalue weighted by Gasteiger charge is -2.15. The van der Waals surface area contributed by atoms with Crippen molar-refractivity contribution in [2.24, 2.45) is 0 Å². The first kappa shape index (κ1) is 15.7. The molecule has 1 N–H and O–H groups in total. The van der Waals surface area contributed by atoms with Gasteiger partial charge in [0.25, 0.3) is 11.6 Å². The number of hydrogen-bond donors (Lipinski definition) is 1. The van der Waals surface area contributed by atoms with Crippen molar-refractivity contribution in [3.8, 4) is 0 Å². The lowest BCUT2D eigenvalue weighted by atomic mass is 10.1. The topological polar surface area (TPSA) is 72.2 Å². The van der Waals surface area contributed by atoms with Crippen LogP contribution in [0, 0.1) is 10.1 Å². The molecule has 0 aliphatic heterocycles. The molecule has 0 saturated carbocycles. The molecule has 1 aromatic carbocycles. The number of benzene rings is 1. The molecule has 5 nitrogen and oxygen atoms in total. The Morgan fingerprint density at radius 3 is 2.74 bits per heavy atom. The maximum Gasteiger partial charge on any atom is 0.283 e. The van der Waals surface area contributed by atoms with E-state index in [1.54, 1.807) is 0 Å². The molecular formula is C12H14Cl2N2O3. The van der Waals surface area contributed by atoms with Gasteiger partial charge >= 0.3 is 0 Å². The van der Waals surface area contributed by atoms with Crippen LogP contribution in [0.1, 0.15) is 30.1 Å². The van der Waals surface area contributed by atoms with E-state index in [-0.39, 0.29) is 22.3 Å². The van der Waals surface area contributed by atoms with E-state index in [2.05, 4.69) is 5.32 Å². The standard InChI is InChI=1S/C12H14Cl2N2O3/c1-2-9(5-6-13)15-12(17)10-4-3-8(14)7-11(10)16(18)19/h3-4,7,9H,2,5-6H2,1H3,(H,15,17). The summed E-state index contributed by atoms with van der Waals surface area (Å²) in [6.45, 7) is 1.91. The average molecular weight is 305 g/mol. The molecule has 0 radical (unpaired) electrons. The number of nitrogens with one attached hydrogen (secondary N) is 1. The smallest absolute Gasteiger partial charge is 0.283 e. The second-order valence-electron chi connectivity index (χ2n) is 3.97. The molecule has 19 heavy (non-hydrogen) atoms. The Hall–Kier alpha value is -1.33. The first-order valence-corrected chi connectivity index (χ1v) is 6.71. The van der Waals surface area contributed by atoms with Crippen LogP contribution in [0.3, 0.4) is 0 Å². The minimum atomic E-state index is -0.622. The van der Waals surface area contributed by atoms with Crippen molar-refractivity contribution in [3.63, 3.8) is 0 Å². The van der Waals surface area contributed by atoms with Gasteiger partial charge in [-0.05, 0) is 25.0 Å². The van der Waals surface area contributed by atoms with Crippen LogP contribution in [0.15, 0.2) is 18.2 Å². The summed E-state index contributed by atoms with van der Waals surface area (Å²) in [4.78, 5) is 22.3. The lowest BCUT2D eigenvalue weighted by Crippen LogP contribution is -2.35. The van der Waals surface area contributed by atoms with Crippen LogP contribution >= 0.6 is 23.2 Å². The normalized spacial score (nSPS) is 11.9. The molecule has 7 heteroatoms. The maximum absolute atomic E-state index is 12.0. The highest BCUT2D eigenvalue weighted by atomic mass is 35.5. The van der Waals surface area contributed by atoms with E-state index in [4.69, 9.17) is 23.2 Å². The number of alkyl halides is 1. The van der Waals surface area contributed by atoms with Gasteiger partial charge in [0.2, 0.25) is 0 Å². The van der Waals surface area contributed by atoms with E-state index >= 15 is 0 Å². The Labute approximate surface area is 121 Å². The Morgan fingerprint density at radius 2 is 2.21 bits per heavy atom. The average Bonchev–Trinajstić information content (AvgIpc) is 2.37. The summed E-state index contributed by atoms with van der Waals surface area (Å²) in [5.41, 5.74) is -0.298. The SMILES string of the molecule is CCC(CCCl)NC(=O)c1ccc(Cl)cc1[N+](=O)[O-]. The van der Waals surface area contributed by atoms with Gasteiger partial charge in [0.05, 0.1) is 4.92 Å². The Balaban J connectivity index is 2.96. The van der Waals surface area contributed by atoms with Gasteiger partial charge in [-0.25, -0.2) is 0 Å². The van der Waals surface area contributed by atoms with Crippen molar-refractivity contribution < 1.29 is 9.72 Å². The van der Waals surface area contributed by atoms with Gasteiger partial charge in [0.1, 0.15) is 5.56 Å². The predicted octanol–water partition coefficient (Wildman–Crippen LogP) is 3.39. The van der Waals surface area contributed by atoms with Gasteiger partial charge in [-0.3, -0.25) is 14.9 Å². The summed E-state index contributed by atoms with van der Waals surface area (Å²) in [6, 6.07) is 3.87. The first-order valence-electron chi connectivity index (χ1n) is 5.80. The van der Waals surface area contributed by atoms with Crippen molar-refractivity contribution in [2.45, 2.75) is 25.8 Å². The van der Waals surface area contributed by atoms with E-state index in [1.807, 2.05) is 6.92 Å². The number of amides is 1. The summed E-state index contributed by atoms with van der Waals surface area (Å²) in [7, 11) is 0. The number of rotatable bonds is 6. The summed E-state index contributed by atoms with van der Waals surface area (Å²) in [6.07, 6.45) is 1.32. The number of carbonyl (C=O) groups excluding carboxylic acids is 1. The molecule has 1 atom stereocenters. The van der Waals surface area contributed by atoms with Crippen molar-refractivity contribution in [2.75, 3.05) is 5.88 Å². The third kappa shape index (κ3) is 4.36. The van der Waals surface area contributed by atoms with Crippen LogP contribution in [0.5, 0.6) is 0 Å². The van der Waals surface area contributed by atoms with E-state index < -0.39 is 10.8 Å². The van der Waals surface area contributed by atoms with Crippen molar-refractivity contribution in [3.05, 3.63) is 38.9 Å². The third-order valence-corrected chi connectivity index (χ3v) is 3.14. The minimum absolute atomic E-state index is 0.00224. The van der Waals surface area contributed by atoms with Crippen LogP contribution in [0.4, 0.5) is 5.69 Å². The number of nitrogens with zero attached hydrogens (tertiary/aromatic N) is 1. The van der Waals surface area contributed by atoms with Crippen LogP contribution in [0.2, 0.25) is 5.02 Å². The van der Waals surface area contributed by atoms with Crippen molar-refractivity contribution >= 4 is 34.8 Å². The van der Waals surface area contributed by atoms with E-state index in [1.165, 1.54) is 18.2 Å². The zero-order valence-corrected chi connectivity index (χ0v) is 11.9. The zero-order valence-electron chi connectivity index (χ0n) is 10.4. The van der Waals surface area contributed by atoms with E-state index in [0.29, 0.717) is 18.7 Å². The maximum atomic E-state index is 12.0. The zero-order chi connectivity index (χ0) is 14.4. The molecule has 0 heterocycles. The van der Waals surface area contributed by atoms with Crippen LogP contribution in [0.25, 0.3) is 0 Å². The van der Waals surface area contributed by atoms with Gasteiger partial charge in [-0.15, -0.1) is 11.6 Å². The molecule has 0 bridgehead atoms. The highest BCUT2D eigenvalue weighted by Crippen LogP contribution is 2.23. The summed E-state index contributed by atoms with van der Waals surface area (Å²) in [5.74, 6) is -0.0676. The number of nitro benzene ring substituents is 1. The second-order valence-corrected chi connectivity index (χ2v) is 4.79. The molecule has 1 aromatic rings. The fourth-order valence-electron chi connectivity index (χ4n) is 1.62. The molecule has 104 valence electrons. The first-order chi connectivity index (χ1) is 8.99. The van der Waals surface area contributed by atoms with Gasteiger partial charge in [0, 0.05) is 23.0 Å². The molecular weight excluding hydrogens is 291 g/mol. The Kier molecular flexibility index (Phi) is 6.05. The van der Waals surface area contributed by atoms with E-state index in [9.17, 15) is 14.9 Å². The molecule has 0 aliphatic carbocycles. The second kappa shape index (κ2) is 7.31. The van der Waals surface area contributed by atoms with Crippen LogP contribution in [-0.2, 0) is 0 Å². The van der Waals surface area contributed by atoms with E-state index in [0.717, 1.165) is 0 Å². The van der Waals surface area contributed by atoms with Crippen LogP contribution < -0.4 is 5.32 Å². The molecule has 0 aliphatic rings. The summed E-state index contributed by atoms with van der Waals surface area (Å²) in [5, 5.41) is 13.9. The quantitative estimate of drug-likeness (QED) is 0.497. The molecule has 1 unspecified atom stereocenters. The molecule has 0 saturated heterocycles. The largest absolute Gasteiger partial charge is 0.349 e. The van der Waals surface area contributed by atoms with Gasteiger partial charge in [-0.1, -0.05) is 18.5 Å². The number of hydrogen-bond acceptors (Lipinski definition) is 3. The van der Waals surface area contributed by atoms with Crippen molar-refractivity contribution in [1.29, 1.82) is 0 Å². The van der Waals surface area contributed by atoms with Gasteiger partial charge in [-0.2, -0.15) is 0 Å². The van der Waals surface area contributed by atoms with Gasteiger partial charge < -0.3 is 5.32 Å². The van der Waals surface area contributed by atoms with Gasteiger partial charge in [0.15, 0.2) is 0 Å². The number of halogens is 2. The fraction of sp³-hybridized carbons (Fsp3) is 0.417. The summed E-state index contributed by atoms with van der Waals surface area (Å²) >= 11 is 11.3. The molecule has 1 amide bonds. The third-order valence-electron chi connectivity index (χ3n) is 2.69. The highest BCUT2D eigenvalue weighted by molar-refractivity contribution is 6.31. The molecule has 0 fully saturated rings. The van der Waals surface area contributed by atoms with Crippen molar-refractivity contribution in [1.82, 2.24) is 5.32 Å². The lowest BCUT2D eigenvalue weighted by molar-refractivity contribution is -0.385. The minimum Gasteiger partial charge on any atom is -0.349 e. The number of carbonyl (C=O) groups is 1. The fourth-order valence-corrected chi connectivity index (χ4v) is 2.05. The predicted molar refractivity (Wildman–Crippen MR) is 75.0 cm³/mol. The Morgan fingerprint density at radius 1 is 1.53 bits per heavy atom. The number of nitro groups is 1. The Bertz CT molecular complexity index is 480. The monoisotopic (exact) mass is 304 g/mol. The molecule has 0 aromatic heterocycles. The summed E-state index contributed by atoms with van der Waals surface area (Å²) < 4.78 is 0. The highest BCUT2D eigenvalue weighted by Gasteiger charge is 2.22.